The number of rotatable bonds is 5. The molecule has 7 nitrogen and oxygen atoms in total. The zero-order valence-corrected chi connectivity index (χ0v) is 17.3. The van der Waals surface area contributed by atoms with E-state index < -0.39 is 15.1 Å². The number of ether oxygens (including phenoxy) is 1. The number of sulfone groups is 1. The Labute approximate surface area is 175 Å². The van der Waals surface area contributed by atoms with Crippen LogP contribution in [0.2, 0.25) is 0 Å². The molecule has 0 bridgehead atoms. The summed E-state index contributed by atoms with van der Waals surface area (Å²) in [4.78, 5) is 18.7. The first kappa shape index (κ1) is 20.2. The number of piperidine rings is 1. The van der Waals surface area contributed by atoms with Crippen LogP contribution >= 0.6 is 0 Å². The van der Waals surface area contributed by atoms with Gasteiger partial charge in [0.05, 0.1) is 23.5 Å². The number of hydrogen-bond donors (Lipinski definition) is 0. The number of carbonyl (C=O) groups excluding carboxylic acids is 1. The number of amides is 1. The Bertz CT molecular complexity index is 1120. The Morgan fingerprint density at radius 1 is 1.07 bits per heavy atom. The van der Waals surface area contributed by atoms with Crippen molar-refractivity contribution in [1.82, 2.24) is 9.88 Å². The van der Waals surface area contributed by atoms with Crippen LogP contribution in [0.15, 0.2) is 70.1 Å². The Kier molecular flexibility index (Phi) is 5.59. The highest BCUT2D eigenvalue weighted by Crippen LogP contribution is 2.27. The molecular formula is C22H22N2O5S. The fraction of sp³-hybridized carbons (Fsp3) is 0.273. The van der Waals surface area contributed by atoms with Gasteiger partial charge < -0.3 is 14.1 Å². The molecule has 0 aliphatic carbocycles. The molecule has 1 fully saturated rings. The fourth-order valence-corrected chi connectivity index (χ4v) is 5.30. The summed E-state index contributed by atoms with van der Waals surface area (Å²) >= 11 is 0. The lowest BCUT2D eigenvalue weighted by Gasteiger charge is -2.30. The minimum absolute atomic E-state index is 0.0188. The van der Waals surface area contributed by atoms with Gasteiger partial charge in [-0.2, -0.15) is 0 Å². The highest BCUT2D eigenvalue weighted by atomic mass is 32.2. The van der Waals surface area contributed by atoms with E-state index in [0.29, 0.717) is 37.4 Å². The van der Waals surface area contributed by atoms with Gasteiger partial charge in [-0.05, 0) is 37.1 Å². The number of hydrogen-bond acceptors (Lipinski definition) is 6. The van der Waals surface area contributed by atoms with Crippen molar-refractivity contribution in [3.05, 3.63) is 66.7 Å². The number of aromatic nitrogens is 1. The topological polar surface area (TPSA) is 89.7 Å². The first-order valence-corrected chi connectivity index (χ1v) is 11.2. The molecule has 2 aromatic carbocycles. The highest BCUT2D eigenvalue weighted by molar-refractivity contribution is 7.92. The van der Waals surface area contributed by atoms with Gasteiger partial charge >= 0.3 is 5.91 Å². The largest absolute Gasteiger partial charge is 0.497 e. The molecule has 8 heteroatoms. The van der Waals surface area contributed by atoms with E-state index in [9.17, 15) is 13.2 Å². The second kappa shape index (κ2) is 8.31. The Morgan fingerprint density at radius 2 is 1.73 bits per heavy atom. The lowest BCUT2D eigenvalue weighted by Crippen LogP contribution is -2.42. The van der Waals surface area contributed by atoms with Crippen LogP contribution in [-0.2, 0) is 9.84 Å². The van der Waals surface area contributed by atoms with Crippen molar-refractivity contribution in [2.75, 3.05) is 20.2 Å². The maximum absolute atomic E-state index is 12.9. The van der Waals surface area contributed by atoms with Crippen LogP contribution in [0.3, 0.4) is 0 Å². The minimum Gasteiger partial charge on any atom is -0.497 e. The summed E-state index contributed by atoms with van der Waals surface area (Å²) < 4.78 is 36.6. The molecule has 1 aliphatic heterocycles. The van der Waals surface area contributed by atoms with Crippen LogP contribution in [0.4, 0.5) is 0 Å². The zero-order valence-electron chi connectivity index (χ0n) is 16.5. The molecule has 2 heterocycles. The number of likely N-dealkylation sites (tertiary alicyclic amines) is 1. The van der Waals surface area contributed by atoms with Crippen molar-refractivity contribution >= 4 is 15.7 Å². The third kappa shape index (κ3) is 3.95. The minimum atomic E-state index is -3.47. The smallest absolute Gasteiger partial charge is 0.309 e. The molecule has 1 saturated heterocycles. The monoisotopic (exact) mass is 426 g/mol. The molecule has 0 spiro atoms. The molecule has 0 N–H and O–H groups in total. The van der Waals surface area contributed by atoms with Gasteiger partial charge in [0, 0.05) is 18.7 Å². The van der Waals surface area contributed by atoms with Gasteiger partial charge in [-0.25, -0.2) is 13.4 Å². The van der Waals surface area contributed by atoms with Crippen molar-refractivity contribution in [1.29, 1.82) is 0 Å². The lowest BCUT2D eigenvalue weighted by molar-refractivity contribution is 0.0686. The van der Waals surface area contributed by atoms with Crippen LogP contribution in [0.5, 0.6) is 5.75 Å². The lowest BCUT2D eigenvalue weighted by atomic mass is 10.1. The zero-order chi connectivity index (χ0) is 21.1. The SMILES string of the molecule is COc1ccc(S(=O)(=O)C2CCN(C(=O)c3ncc(-c4ccccc4)o3)CC2)cc1. The third-order valence-electron chi connectivity index (χ3n) is 5.30. The van der Waals surface area contributed by atoms with Crippen LogP contribution < -0.4 is 4.74 Å². The molecule has 30 heavy (non-hydrogen) atoms. The summed E-state index contributed by atoms with van der Waals surface area (Å²) in [5.41, 5.74) is 0.841. The van der Waals surface area contributed by atoms with Crippen molar-refractivity contribution in [3.8, 4) is 17.1 Å². The van der Waals surface area contributed by atoms with Gasteiger partial charge in [-0.15, -0.1) is 0 Å². The average molecular weight is 426 g/mol. The number of nitrogens with zero attached hydrogens (tertiary/aromatic N) is 2. The Morgan fingerprint density at radius 3 is 2.37 bits per heavy atom. The number of oxazole rings is 1. The van der Waals surface area contributed by atoms with E-state index in [1.54, 1.807) is 29.2 Å². The van der Waals surface area contributed by atoms with Gasteiger partial charge in [0.2, 0.25) is 0 Å². The van der Waals surface area contributed by atoms with E-state index in [2.05, 4.69) is 4.98 Å². The fourth-order valence-electron chi connectivity index (χ4n) is 3.57. The van der Waals surface area contributed by atoms with Crippen LogP contribution in [0.25, 0.3) is 11.3 Å². The Hall–Kier alpha value is -3.13. The summed E-state index contributed by atoms with van der Waals surface area (Å²) in [6, 6.07) is 15.8. The van der Waals surface area contributed by atoms with Gasteiger partial charge in [0.25, 0.3) is 5.89 Å². The normalized spacial score (nSPS) is 15.2. The predicted molar refractivity (Wildman–Crippen MR) is 111 cm³/mol. The average Bonchev–Trinajstić information content (AvgIpc) is 3.30. The van der Waals surface area contributed by atoms with Gasteiger partial charge in [0.1, 0.15) is 5.75 Å². The second-order valence-electron chi connectivity index (χ2n) is 7.11. The maximum Gasteiger partial charge on any atom is 0.309 e. The molecule has 0 unspecified atom stereocenters. The summed E-state index contributed by atoms with van der Waals surface area (Å²) in [5.74, 6) is 0.828. The third-order valence-corrected chi connectivity index (χ3v) is 7.58. The molecule has 1 aliphatic rings. The van der Waals surface area contributed by atoms with E-state index in [-0.39, 0.29) is 16.7 Å². The van der Waals surface area contributed by atoms with Gasteiger partial charge in [0.15, 0.2) is 15.6 Å². The van der Waals surface area contributed by atoms with Crippen LogP contribution in [0, 0.1) is 0 Å². The van der Waals surface area contributed by atoms with Crippen molar-refractivity contribution in [3.63, 3.8) is 0 Å². The summed E-state index contributed by atoms with van der Waals surface area (Å²) in [6.07, 6.45) is 2.27. The molecular weight excluding hydrogens is 404 g/mol. The molecule has 156 valence electrons. The van der Waals surface area contributed by atoms with Crippen LogP contribution in [0.1, 0.15) is 23.5 Å². The summed E-state index contributed by atoms with van der Waals surface area (Å²) in [6.45, 7) is 0.671. The quantitative estimate of drug-likeness (QED) is 0.621. The highest BCUT2D eigenvalue weighted by Gasteiger charge is 2.34. The second-order valence-corrected chi connectivity index (χ2v) is 9.34. The number of benzene rings is 2. The summed E-state index contributed by atoms with van der Waals surface area (Å²) in [7, 11) is -1.93. The first-order chi connectivity index (χ1) is 14.5. The van der Waals surface area contributed by atoms with Crippen molar-refractivity contribution in [2.45, 2.75) is 23.0 Å². The summed E-state index contributed by atoms with van der Waals surface area (Å²) in [5, 5.41) is -0.528. The van der Waals surface area contributed by atoms with E-state index >= 15 is 0 Å². The van der Waals surface area contributed by atoms with E-state index in [1.165, 1.54) is 13.3 Å². The predicted octanol–water partition coefficient (Wildman–Crippen LogP) is 3.43. The number of carbonyl (C=O) groups is 1. The van der Waals surface area contributed by atoms with Crippen molar-refractivity contribution in [2.24, 2.45) is 0 Å². The first-order valence-electron chi connectivity index (χ1n) is 9.67. The molecule has 4 rings (SSSR count). The van der Waals surface area contributed by atoms with Gasteiger partial charge in [-0.1, -0.05) is 30.3 Å². The molecule has 3 aromatic rings. The standard InChI is InChI=1S/C22H22N2O5S/c1-28-17-7-9-18(10-8-17)30(26,27)19-11-13-24(14-12-19)22(25)21-23-15-20(29-21)16-5-3-2-4-6-16/h2-10,15,19H,11-14H2,1H3. The molecule has 0 radical (unpaired) electrons. The van der Waals surface area contributed by atoms with E-state index in [4.69, 9.17) is 9.15 Å². The molecule has 0 atom stereocenters. The van der Waals surface area contributed by atoms with E-state index in [0.717, 1.165) is 5.56 Å². The van der Waals surface area contributed by atoms with Crippen LogP contribution in [-0.4, -0.2) is 49.7 Å². The molecule has 1 aromatic heterocycles. The van der Waals surface area contributed by atoms with Crippen molar-refractivity contribution < 1.29 is 22.4 Å². The van der Waals surface area contributed by atoms with E-state index in [1.807, 2.05) is 30.3 Å². The number of methoxy groups -OCH3 is 1. The molecule has 1 amide bonds. The van der Waals surface area contributed by atoms with Gasteiger partial charge in [-0.3, -0.25) is 4.79 Å². The Balaban J connectivity index is 1.41. The maximum atomic E-state index is 12.9. The molecule has 0 saturated carbocycles.